The van der Waals surface area contributed by atoms with Crippen molar-refractivity contribution < 1.29 is 28.6 Å². The number of benzene rings is 2. The molecule has 0 bridgehead atoms. The highest BCUT2D eigenvalue weighted by Gasteiger charge is 2.25. The summed E-state index contributed by atoms with van der Waals surface area (Å²) in [5, 5.41) is 11.4. The molecular weight excluding hydrogens is 414 g/mol. The minimum atomic E-state index is -1.60. The summed E-state index contributed by atoms with van der Waals surface area (Å²) in [6, 6.07) is 10.0. The molecule has 0 saturated heterocycles. The number of para-hydroxylation sites is 1. The summed E-state index contributed by atoms with van der Waals surface area (Å²) in [5.74, 6) is -1.07. The Hall–Kier alpha value is -4.07. The number of carbonyl (C=O) groups is 2. The normalized spacial score (nSPS) is 13.8. The number of hydrogen-bond acceptors (Lipinski definition) is 6. The lowest BCUT2D eigenvalue weighted by molar-refractivity contribution is -0.147. The van der Waals surface area contributed by atoms with Crippen LogP contribution in [0, 0.1) is 0 Å². The number of carbonyl (C=O) groups excluding carboxylic acids is 1. The monoisotopic (exact) mass is 435 g/mol. The lowest BCUT2D eigenvalue weighted by Crippen LogP contribution is -2.21. The first-order valence-corrected chi connectivity index (χ1v) is 10.1. The van der Waals surface area contributed by atoms with Gasteiger partial charge >= 0.3 is 11.9 Å². The molecule has 0 atom stereocenters. The van der Waals surface area contributed by atoms with Crippen LogP contribution in [0.5, 0.6) is 11.5 Å². The Kier molecular flexibility index (Phi) is 5.68. The number of fused-ring (bicyclic) bond motifs is 2. The second-order valence-corrected chi connectivity index (χ2v) is 7.19. The molecule has 3 aromatic rings. The molecule has 0 unspecified atom stereocenters. The van der Waals surface area contributed by atoms with Crippen molar-refractivity contribution in [3.8, 4) is 11.5 Å². The molecular formula is C24H21NO7. The number of nitrogens with one attached hydrogen (secondary N) is 1. The number of ether oxygens (including phenoxy) is 2. The lowest BCUT2D eigenvalue weighted by Gasteiger charge is -2.12. The fourth-order valence-corrected chi connectivity index (χ4v) is 3.78. The Labute approximate surface area is 183 Å². The Bertz CT molecular complexity index is 1320. The zero-order valence-corrected chi connectivity index (χ0v) is 17.6. The number of amides is 1. The van der Waals surface area contributed by atoms with Gasteiger partial charge in [0.2, 0.25) is 0 Å². The smallest absolute Gasteiger partial charge is 0.394 e. The van der Waals surface area contributed by atoms with E-state index in [0.29, 0.717) is 47.7 Å². The molecule has 0 fully saturated rings. The lowest BCUT2D eigenvalue weighted by atomic mass is 10.1. The maximum absolute atomic E-state index is 13.0. The van der Waals surface area contributed by atoms with E-state index in [4.69, 9.17) is 19.0 Å². The van der Waals surface area contributed by atoms with E-state index in [2.05, 4.69) is 5.32 Å². The van der Waals surface area contributed by atoms with Crippen LogP contribution in [-0.4, -0.2) is 30.7 Å². The molecule has 0 saturated carbocycles. The van der Waals surface area contributed by atoms with Crippen LogP contribution in [0.15, 0.2) is 45.6 Å². The molecule has 0 aliphatic heterocycles. The molecule has 32 heavy (non-hydrogen) atoms. The van der Waals surface area contributed by atoms with E-state index < -0.39 is 11.9 Å². The maximum atomic E-state index is 13.0. The maximum Gasteiger partial charge on any atom is 0.394 e. The summed E-state index contributed by atoms with van der Waals surface area (Å²) in [7, 11) is 1.57. The Balaban J connectivity index is 1.81. The summed E-state index contributed by atoms with van der Waals surface area (Å²) in [4.78, 5) is 35.3. The van der Waals surface area contributed by atoms with Gasteiger partial charge in [-0.1, -0.05) is 12.1 Å². The van der Waals surface area contributed by atoms with Crippen molar-refractivity contribution in [3.63, 3.8) is 0 Å². The number of methoxy groups -OCH3 is 1. The zero-order chi connectivity index (χ0) is 22.8. The number of aliphatic carboxylic acids is 1. The van der Waals surface area contributed by atoms with Crippen molar-refractivity contribution in [2.75, 3.05) is 19.0 Å². The van der Waals surface area contributed by atoms with Crippen LogP contribution in [0.2, 0.25) is 0 Å². The molecule has 8 heteroatoms. The van der Waals surface area contributed by atoms with Crippen molar-refractivity contribution in [3.05, 3.63) is 63.5 Å². The van der Waals surface area contributed by atoms with Gasteiger partial charge in [-0.05, 0) is 49.6 Å². The van der Waals surface area contributed by atoms with E-state index in [1.165, 1.54) is 18.2 Å². The van der Waals surface area contributed by atoms with Gasteiger partial charge in [0.25, 0.3) is 0 Å². The van der Waals surface area contributed by atoms with Crippen molar-refractivity contribution >= 4 is 40.2 Å². The average Bonchev–Trinajstić information content (AvgIpc) is 3.17. The van der Waals surface area contributed by atoms with Gasteiger partial charge in [-0.3, -0.25) is 9.59 Å². The van der Waals surface area contributed by atoms with Crippen LogP contribution in [0.3, 0.4) is 0 Å². The topological polar surface area (TPSA) is 115 Å². The van der Waals surface area contributed by atoms with Gasteiger partial charge < -0.3 is 24.3 Å². The third-order valence-corrected chi connectivity index (χ3v) is 5.22. The summed E-state index contributed by atoms with van der Waals surface area (Å²) in [6.07, 6.45) is 3.09. The molecule has 2 N–H and O–H groups in total. The van der Waals surface area contributed by atoms with Crippen LogP contribution in [0.25, 0.3) is 22.6 Å². The minimum Gasteiger partial charge on any atom is -0.493 e. The van der Waals surface area contributed by atoms with E-state index in [0.717, 1.165) is 11.1 Å². The predicted molar refractivity (Wildman–Crippen MR) is 119 cm³/mol. The summed E-state index contributed by atoms with van der Waals surface area (Å²) in [6.45, 7) is 2.36. The highest BCUT2D eigenvalue weighted by molar-refractivity contribution is 6.36. The fraction of sp³-hybridized carbons (Fsp3) is 0.208. The van der Waals surface area contributed by atoms with E-state index in [9.17, 15) is 14.4 Å². The third-order valence-electron chi connectivity index (χ3n) is 5.22. The molecule has 2 aromatic carbocycles. The van der Waals surface area contributed by atoms with Crippen molar-refractivity contribution in [1.82, 2.24) is 0 Å². The van der Waals surface area contributed by atoms with Crippen LogP contribution >= 0.6 is 0 Å². The van der Waals surface area contributed by atoms with Crippen LogP contribution in [0.1, 0.15) is 30.2 Å². The van der Waals surface area contributed by atoms with Gasteiger partial charge in [-0.25, -0.2) is 4.79 Å². The van der Waals surface area contributed by atoms with E-state index >= 15 is 0 Å². The number of anilines is 1. The number of carboxylic acids is 1. The molecule has 1 amide bonds. The number of hydrogen-bond donors (Lipinski definition) is 2. The van der Waals surface area contributed by atoms with E-state index in [-0.39, 0.29) is 16.7 Å². The fourth-order valence-electron chi connectivity index (χ4n) is 3.78. The quantitative estimate of drug-likeness (QED) is 0.587. The molecule has 0 radical (unpaired) electrons. The Morgan fingerprint density at radius 3 is 2.75 bits per heavy atom. The first-order valence-electron chi connectivity index (χ1n) is 10.1. The standard InChI is InChI=1S/C24H21NO7/c1-3-31-22-13(5-4-6-18(22)30-2)11-14-7-9-17-20(26)16-10-8-15(25-23(27)24(28)29)12-19(16)32-21(14)17/h4-6,8,10-12H,3,7,9H2,1-2H3,(H,25,27)(H,28,29)/b14-11-. The number of rotatable bonds is 5. The van der Waals surface area contributed by atoms with Crippen LogP contribution in [-0.2, 0) is 16.0 Å². The van der Waals surface area contributed by atoms with E-state index in [1.807, 2.05) is 31.2 Å². The molecule has 1 aromatic heterocycles. The van der Waals surface area contributed by atoms with Gasteiger partial charge in [0.15, 0.2) is 16.9 Å². The summed E-state index contributed by atoms with van der Waals surface area (Å²) in [5.41, 5.74) is 2.58. The van der Waals surface area contributed by atoms with Crippen molar-refractivity contribution in [1.29, 1.82) is 0 Å². The molecule has 4 rings (SSSR count). The molecule has 164 valence electrons. The second-order valence-electron chi connectivity index (χ2n) is 7.19. The zero-order valence-electron chi connectivity index (χ0n) is 17.6. The summed E-state index contributed by atoms with van der Waals surface area (Å²) >= 11 is 0. The predicted octanol–water partition coefficient (Wildman–Crippen LogP) is 3.71. The minimum absolute atomic E-state index is 0.142. The Morgan fingerprint density at radius 2 is 2.03 bits per heavy atom. The van der Waals surface area contributed by atoms with E-state index in [1.54, 1.807) is 7.11 Å². The van der Waals surface area contributed by atoms with Gasteiger partial charge in [-0.15, -0.1) is 0 Å². The molecule has 1 aliphatic rings. The molecule has 0 spiro atoms. The number of carboxylic acid groups (broad SMARTS) is 1. The number of allylic oxidation sites excluding steroid dienone is 1. The van der Waals surface area contributed by atoms with Crippen LogP contribution in [0.4, 0.5) is 5.69 Å². The molecule has 1 heterocycles. The second kappa shape index (κ2) is 8.58. The van der Waals surface area contributed by atoms with Crippen molar-refractivity contribution in [2.24, 2.45) is 0 Å². The van der Waals surface area contributed by atoms with Gasteiger partial charge in [-0.2, -0.15) is 0 Å². The van der Waals surface area contributed by atoms with Gasteiger partial charge in [0.1, 0.15) is 11.3 Å². The van der Waals surface area contributed by atoms with Crippen molar-refractivity contribution in [2.45, 2.75) is 19.8 Å². The molecule has 1 aliphatic carbocycles. The summed E-state index contributed by atoms with van der Waals surface area (Å²) < 4.78 is 17.3. The SMILES string of the molecule is CCOc1c(/C=C2/CCc3c2oc2cc(NC(=O)C(=O)O)ccc2c3=O)cccc1OC. The third kappa shape index (κ3) is 3.82. The highest BCUT2D eigenvalue weighted by atomic mass is 16.5. The first-order chi connectivity index (χ1) is 15.4. The first kappa shape index (κ1) is 21.2. The highest BCUT2D eigenvalue weighted by Crippen LogP contribution is 2.38. The van der Waals surface area contributed by atoms with Gasteiger partial charge in [0.05, 0.1) is 19.1 Å². The largest absolute Gasteiger partial charge is 0.493 e. The average molecular weight is 435 g/mol. The van der Waals surface area contributed by atoms with Gasteiger partial charge in [0, 0.05) is 22.9 Å². The molecule has 8 nitrogen and oxygen atoms in total. The Morgan fingerprint density at radius 1 is 1.22 bits per heavy atom. The van der Waals surface area contributed by atoms with Crippen LogP contribution < -0.4 is 20.2 Å².